The van der Waals surface area contributed by atoms with Crippen molar-refractivity contribution >= 4 is 4.31 Å². The van der Waals surface area contributed by atoms with Crippen molar-refractivity contribution in [3.63, 3.8) is 0 Å². The van der Waals surface area contributed by atoms with Gasteiger partial charge in [0.15, 0.2) is 0 Å². The van der Waals surface area contributed by atoms with Crippen LogP contribution < -0.4 is 5.73 Å². The van der Waals surface area contributed by atoms with Crippen molar-refractivity contribution in [2.75, 3.05) is 0 Å². The Hall–Kier alpha value is 0.132. The zero-order valence-corrected chi connectivity index (χ0v) is 3.45. The van der Waals surface area contributed by atoms with E-state index in [1.165, 1.54) is 0 Å². The van der Waals surface area contributed by atoms with E-state index in [1.807, 2.05) is 0 Å². The Bertz CT molecular complexity index is 29.0. The van der Waals surface area contributed by atoms with Crippen LogP contribution in [0, 0.1) is 5.41 Å². The van der Waals surface area contributed by atoms with Crippen LogP contribution in [0.25, 0.3) is 0 Å². The summed E-state index contributed by atoms with van der Waals surface area (Å²) < 4.78 is 0.0167. The number of nitrogens with two attached hydrogens (primary N) is 1. The molecule has 0 radical (unpaired) electrons. The molecular weight excluding hydrogens is 146 g/mol. The normalized spacial score (nSPS) is 6.50. The van der Waals surface area contributed by atoms with E-state index in [0.29, 0.717) is 0 Å². The van der Waals surface area contributed by atoms with Gasteiger partial charge in [0.05, 0.1) is 0 Å². The van der Waals surface area contributed by atoms with Crippen LogP contribution in [0.15, 0.2) is 0 Å². The van der Waals surface area contributed by atoms with Crippen molar-refractivity contribution in [1.29, 1.82) is 5.41 Å². The zero-order chi connectivity index (χ0) is 3.58. The number of rotatable bonds is 0. The second-order valence-electron chi connectivity index (χ2n) is 0.315. The maximum absolute atomic E-state index is 6.21. The summed E-state index contributed by atoms with van der Waals surface area (Å²) in [5.41, 5.74) is 4.63. The van der Waals surface area contributed by atoms with E-state index in [0.717, 1.165) is 0 Å². The van der Waals surface area contributed by atoms with Gasteiger partial charge in [0.2, 0.25) is 0 Å². The van der Waals surface area contributed by atoms with E-state index in [-0.39, 0.29) is 4.31 Å². The number of hydrogen-bond donors (Lipinski definition) is 2. The number of hydrogen-bond acceptors (Lipinski definition) is 1. The molecule has 0 saturated heterocycles. The van der Waals surface area contributed by atoms with E-state index in [2.05, 4.69) is 24.9 Å². The van der Waals surface area contributed by atoms with Crippen LogP contribution in [0.1, 0.15) is 0 Å². The summed E-state index contributed by atoms with van der Waals surface area (Å²) in [6.07, 6.45) is 0. The van der Waals surface area contributed by atoms with Crippen molar-refractivity contribution in [2.45, 2.75) is 0 Å². The Morgan fingerprint density at radius 2 is 2.00 bits per heavy atom. The quantitative estimate of drug-likeness (QED) is 0.270. The van der Waals surface area contributed by atoms with Crippen molar-refractivity contribution in [1.82, 2.24) is 0 Å². The van der Waals surface area contributed by atoms with Gasteiger partial charge in [-0.1, -0.05) is 0 Å². The molecule has 0 aliphatic heterocycles. The van der Waals surface area contributed by atoms with E-state index in [1.54, 1.807) is 0 Å². The fourth-order valence-electron chi connectivity index (χ4n) is 0. The molecule has 0 aliphatic carbocycles. The van der Waals surface area contributed by atoms with Crippen LogP contribution >= 0.6 is 0 Å². The van der Waals surface area contributed by atoms with Gasteiger partial charge in [0.1, 0.15) is 0 Å². The Balaban J connectivity index is 2.80. The summed E-state index contributed by atoms with van der Waals surface area (Å²) in [5, 5.41) is 6.21. The molecule has 0 aromatic carbocycles. The minimum absolute atomic E-state index is 0.0167. The summed E-state index contributed by atoms with van der Waals surface area (Å²) in [6, 6.07) is 0. The van der Waals surface area contributed by atoms with E-state index in [9.17, 15) is 0 Å². The summed E-state index contributed by atoms with van der Waals surface area (Å²) >= 11 is 2.41. The number of amidine groups is 1. The molecule has 0 fully saturated rings. The standard InChI is InChI=1S/CH3N2.Pd/c2-1-3;/h(H3,2,3);. The molecule has 0 saturated carbocycles. The monoisotopic (exact) mass is 149 g/mol. The van der Waals surface area contributed by atoms with Gasteiger partial charge in [-0.25, -0.2) is 0 Å². The van der Waals surface area contributed by atoms with Crippen LogP contribution in [0.5, 0.6) is 0 Å². The van der Waals surface area contributed by atoms with Crippen LogP contribution in [0.4, 0.5) is 0 Å². The topological polar surface area (TPSA) is 49.9 Å². The predicted molar refractivity (Wildman–Crippen MR) is 11.9 cm³/mol. The fraction of sp³-hybridized carbons (Fsp3) is 0. The predicted octanol–water partition coefficient (Wildman–Crippen LogP) is -0.573. The van der Waals surface area contributed by atoms with Gasteiger partial charge in [-0.3, -0.25) is 0 Å². The Kier molecular flexibility index (Phi) is 1.50. The third-order valence-electron chi connectivity index (χ3n) is 0. The molecule has 3 heteroatoms. The Morgan fingerprint density at radius 1 is 2.00 bits per heavy atom. The first-order valence-electron chi connectivity index (χ1n) is 0.697. The van der Waals surface area contributed by atoms with Gasteiger partial charge in [-0.2, -0.15) is 0 Å². The van der Waals surface area contributed by atoms with Crippen molar-refractivity contribution in [2.24, 2.45) is 5.73 Å². The third-order valence-corrected chi connectivity index (χ3v) is 0. The fourth-order valence-corrected chi connectivity index (χ4v) is 0. The van der Waals surface area contributed by atoms with Gasteiger partial charge in [0, 0.05) is 0 Å². The Morgan fingerprint density at radius 3 is 2.00 bits per heavy atom. The molecule has 0 aliphatic rings. The van der Waals surface area contributed by atoms with Crippen molar-refractivity contribution in [3.05, 3.63) is 0 Å². The molecule has 0 heterocycles. The summed E-state index contributed by atoms with van der Waals surface area (Å²) in [7, 11) is 0. The van der Waals surface area contributed by atoms with Crippen LogP contribution in [0.2, 0.25) is 0 Å². The van der Waals surface area contributed by atoms with Crippen molar-refractivity contribution < 1.29 is 19.2 Å². The van der Waals surface area contributed by atoms with Crippen molar-refractivity contribution in [3.8, 4) is 0 Å². The zero-order valence-electron chi connectivity index (χ0n) is 1.89. The Labute approximate surface area is 35.3 Å². The molecule has 0 rings (SSSR count). The molecular formula is CH3N2Pd. The summed E-state index contributed by atoms with van der Waals surface area (Å²) in [5.74, 6) is 0. The average molecular weight is 149 g/mol. The number of nitrogens with one attached hydrogen (secondary N) is 1. The maximum atomic E-state index is 6.21. The van der Waals surface area contributed by atoms with Crippen LogP contribution in [-0.4, -0.2) is 4.31 Å². The summed E-state index contributed by atoms with van der Waals surface area (Å²) in [4.78, 5) is 0. The van der Waals surface area contributed by atoms with Gasteiger partial charge < -0.3 is 0 Å². The van der Waals surface area contributed by atoms with E-state index < -0.39 is 0 Å². The summed E-state index contributed by atoms with van der Waals surface area (Å²) in [6.45, 7) is 0. The molecule has 0 amide bonds. The first-order valence-corrected chi connectivity index (χ1v) is 1.47. The van der Waals surface area contributed by atoms with E-state index >= 15 is 0 Å². The first-order chi connectivity index (χ1) is 1.73. The molecule has 4 heavy (non-hydrogen) atoms. The van der Waals surface area contributed by atoms with Gasteiger partial charge in [-0.15, -0.1) is 0 Å². The molecule has 3 N–H and O–H groups in total. The minimum atomic E-state index is 0.0167. The third kappa shape index (κ3) is 156. The van der Waals surface area contributed by atoms with Crippen LogP contribution in [0.3, 0.4) is 0 Å². The molecule has 2 nitrogen and oxygen atoms in total. The van der Waals surface area contributed by atoms with Gasteiger partial charge in [0.25, 0.3) is 0 Å². The molecule has 0 aromatic rings. The molecule has 0 unspecified atom stereocenters. The average Bonchev–Trinajstić information content (AvgIpc) is 0.811. The van der Waals surface area contributed by atoms with E-state index in [4.69, 9.17) is 5.41 Å². The van der Waals surface area contributed by atoms with Gasteiger partial charge >= 0.3 is 34.7 Å². The molecule has 0 atom stereocenters. The second kappa shape index (κ2) is 1.45. The first kappa shape index (κ1) is 4.13. The molecule has 27 valence electrons. The molecule has 0 aromatic heterocycles. The molecule has 0 spiro atoms. The van der Waals surface area contributed by atoms with Crippen LogP contribution in [-0.2, 0) is 19.2 Å². The van der Waals surface area contributed by atoms with Gasteiger partial charge in [-0.05, 0) is 0 Å². The SMILES string of the molecule is N=[C](N)[Pd]. The second-order valence-corrected chi connectivity index (χ2v) is 1.15. The molecule has 0 bridgehead atoms.